The van der Waals surface area contributed by atoms with Gasteiger partial charge in [-0.2, -0.15) is 0 Å². The maximum Gasteiger partial charge on any atom is 0.140 e. The fraction of sp³-hybridized carbons (Fsp3) is 0.933. The summed E-state index contributed by atoms with van der Waals surface area (Å²) in [5.74, 6) is 0. The number of rotatable bonds is 2. The van der Waals surface area contributed by atoms with Crippen molar-refractivity contribution in [1.82, 2.24) is 9.80 Å². The monoisotopic (exact) mass is 318 g/mol. The number of likely N-dealkylation sites (N-methyl/N-ethyl adjacent to an activating group) is 4. The first-order valence-electron chi connectivity index (χ1n) is 8.22. The van der Waals surface area contributed by atoms with Crippen LogP contribution in [0.5, 0.6) is 0 Å². The van der Waals surface area contributed by atoms with E-state index in [-0.39, 0.29) is 0 Å². The van der Waals surface area contributed by atoms with Crippen molar-refractivity contribution in [2.75, 3.05) is 53.4 Å². The summed E-state index contributed by atoms with van der Waals surface area (Å²) in [5.41, 5.74) is 0. The fourth-order valence-corrected chi connectivity index (χ4v) is 3.01. The third-order valence-electron chi connectivity index (χ3n) is 4.98. The molecule has 0 radical (unpaired) electrons. The van der Waals surface area contributed by atoms with Gasteiger partial charge in [-0.05, 0) is 34.1 Å². The van der Waals surface area contributed by atoms with Crippen LogP contribution >= 0.6 is 0 Å². The van der Waals surface area contributed by atoms with Gasteiger partial charge in [0.2, 0.25) is 0 Å². The Labute approximate surface area is 135 Å². The lowest BCUT2D eigenvalue weighted by molar-refractivity contribution is -0.914. The standard InChI is InChI=1S/2C7H16N2.CH2O3/c2*1-4-9-6-5-8(3)7(9)2;2-1(3)4/h2*7H,4-6H2,1-3H3;(H2,2,3,4). The third kappa shape index (κ3) is 7.40. The predicted octanol–water partition coefficient (Wildman–Crippen LogP) is -4.08. The van der Waals surface area contributed by atoms with Crippen molar-refractivity contribution in [2.45, 2.75) is 40.0 Å². The molecule has 2 aliphatic heterocycles. The van der Waals surface area contributed by atoms with Crippen LogP contribution in [0.2, 0.25) is 0 Å². The van der Waals surface area contributed by atoms with Crippen LogP contribution in [0.1, 0.15) is 27.7 Å². The lowest BCUT2D eigenvalue weighted by Crippen LogP contribution is -3.13. The molecule has 132 valence electrons. The van der Waals surface area contributed by atoms with E-state index < -0.39 is 6.16 Å². The second-order valence-electron chi connectivity index (χ2n) is 6.09. The van der Waals surface area contributed by atoms with Crippen LogP contribution < -0.4 is 20.0 Å². The molecule has 2 saturated heterocycles. The van der Waals surface area contributed by atoms with Gasteiger partial charge in [-0.1, -0.05) is 0 Å². The second-order valence-corrected chi connectivity index (χ2v) is 6.09. The van der Waals surface area contributed by atoms with E-state index in [2.05, 4.69) is 51.6 Å². The van der Waals surface area contributed by atoms with E-state index in [0.717, 1.165) is 12.3 Å². The summed E-state index contributed by atoms with van der Waals surface area (Å²) in [6, 6.07) is 0. The Kier molecular flexibility index (Phi) is 10.3. The summed E-state index contributed by atoms with van der Waals surface area (Å²) in [5, 5.41) is 16.7. The summed E-state index contributed by atoms with van der Waals surface area (Å²) in [6.45, 7) is 16.8. The van der Waals surface area contributed by atoms with Crippen LogP contribution in [-0.2, 0) is 0 Å². The molecule has 2 rings (SSSR count). The number of carbonyl (C=O) groups is 1. The molecule has 0 amide bonds. The van der Waals surface area contributed by atoms with Gasteiger partial charge in [0.05, 0.1) is 39.3 Å². The Morgan fingerprint density at radius 2 is 1.23 bits per heavy atom. The molecule has 0 spiro atoms. The number of nitrogens with zero attached hydrogens (tertiary/aromatic N) is 2. The molecule has 0 aromatic heterocycles. The van der Waals surface area contributed by atoms with E-state index in [1.807, 2.05) is 0 Å². The van der Waals surface area contributed by atoms with Crippen LogP contribution in [0, 0.1) is 0 Å². The second kappa shape index (κ2) is 10.8. The minimum atomic E-state index is -2.33. The van der Waals surface area contributed by atoms with E-state index in [0.29, 0.717) is 0 Å². The Balaban J connectivity index is 0.000000326. The van der Waals surface area contributed by atoms with E-state index in [9.17, 15) is 0 Å². The number of carboxylic acid groups (broad SMARTS) is 2. The number of nitrogens with one attached hydrogen (secondary N) is 2. The van der Waals surface area contributed by atoms with Crippen molar-refractivity contribution in [3.8, 4) is 0 Å². The Morgan fingerprint density at radius 1 is 0.955 bits per heavy atom. The highest BCUT2D eigenvalue weighted by atomic mass is 16.6. The summed E-state index contributed by atoms with van der Waals surface area (Å²) in [6.07, 6.45) is -0.843. The minimum absolute atomic E-state index is 0.745. The smallest absolute Gasteiger partial charge is 0.140 e. The molecule has 0 bridgehead atoms. The zero-order valence-corrected chi connectivity index (χ0v) is 15.0. The summed E-state index contributed by atoms with van der Waals surface area (Å²) < 4.78 is 0. The molecule has 0 aliphatic carbocycles. The Bertz CT molecular complexity index is 289. The van der Waals surface area contributed by atoms with Crippen molar-refractivity contribution < 1.29 is 24.8 Å². The normalized spacial score (nSPS) is 31.9. The molecule has 4 unspecified atom stereocenters. The highest BCUT2D eigenvalue weighted by Crippen LogP contribution is 1.91. The number of hydrogen-bond donors (Lipinski definition) is 2. The van der Waals surface area contributed by atoms with E-state index >= 15 is 0 Å². The largest absolute Gasteiger partial charge is 0.652 e. The zero-order chi connectivity index (χ0) is 17.3. The van der Waals surface area contributed by atoms with Crippen molar-refractivity contribution in [2.24, 2.45) is 0 Å². The zero-order valence-electron chi connectivity index (χ0n) is 15.0. The van der Waals surface area contributed by atoms with Crippen molar-refractivity contribution >= 4 is 6.16 Å². The highest BCUT2D eigenvalue weighted by molar-refractivity contribution is 5.47. The van der Waals surface area contributed by atoms with E-state index in [1.54, 1.807) is 9.80 Å². The van der Waals surface area contributed by atoms with Gasteiger partial charge < -0.3 is 24.8 Å². The van der Waals surface area contributed by atoms with Gasteiger partial charge in [0.25, 0.3) is 0 Å². The first kappa shape index (κ1) is 21.1. The van der Waals surface area contributed by atoms with Gasteiger partial charge in [-0.3, -0.25) is 9.80 Å². The van der Waals surface area contributed by atoms with Gasteiger partial charge >= 0.3 is 0 Å². The minimum Gasteiger partial charge on any atom is -0.652 e. The fourth-order valence-electron chi connectivity index (χ4n) is 3.01. The van der Waals surface area contributed by atoms with Gasteiger partial charge in [0, 0.05) is 13.8 Å². The van der Waals surface area contributed by atoms with Crippen LogP contribution in [-0.4, -0.2) is 81.7 Å². The Hall–Kier alpha value is -0.890. The maximum absolute atomic E-state index is 8.33. The number of carbonyl (C=O) groups excluding carboxylic acids is 1. The molecule has 2 fully saturated rings. The van der Waals surface area contributed by atoms with Gasteiger partial charge in [-0.25, -0.2) is 0 Å². The predicted molar refractivity (Wildman–Crippen MR) is 82.3 cm³/mol. The SMILES string of the molecule is CC[NH+]1CCN(C)C1C.CC[NH+]1CCN(C)C1C.O=C([O-])[O-]. The molecule has 2 N–H and O–H groups in total. The molecule has 0 saturated carbocycles. The summed E-state index contributed by atoms with van der Waals surface area (Å²) in [7, 11) is 4.40. The molecule has 7 heteroatoms. The van der Waals surface area contributed by atoms with Gasteiger partial charge in [0.15, 0.2) is 0 Å². The molecule has 22 heavy (non-hydrogen) atoms. The van der Waals surface area contributed by atoms with Gasteiger partial charge in [-0.15, -0.1) is 0 Å². The molecule has 2 aliphatic rings. The lowest BCUT2D eigenvalue weighted by atomic mass is 10.5. The highest BCUT2D eigenvalue weighted by Gasteiger charge is 2.27. The maximum atomic E-state index is 8.33. The van der Waals surface area contributed by atoms with E-state index in [1.165, 1.54) is 39.3 Å². The summed E-state index contributed by atoms with van der Waals surface area (Å²) in [4.78, 5) is 16.6. The van der Waals surface area contributed by atoms with Crippen molar-refractivity contribution in [1.29, 1.82) is 0 Å². The van der Waals surface area contributed by atoms with Crippen LogP contribution in [0.15, 0.2) is 0 Å². The van der Waals surface area contributed by atoms with Crippen LogP contribution in [0.25, 0.3) is 0 Å². The lowest BCUT2D eigenvalue weighted by Gasteiger charge is -2.18. The molecule has 2 heterocycles. The van der Waals surface area contributed by atoms with E-state index in [4.69, 9.17) is 15.0 Å². The molecule has 0 aromatic rings. The number of quaternary nitrogens is 2. The Morgan fingerprint density at radius 3 is 1.32 bits per heavy atom. The number of hydrogen-bond acceptors (Lipinski definition) is 5. The first-order valence-corrected chi connectivity index (χ1v) is 8.22. The third-order valence-corrected chi connectivity index (χ3v) is 4.98. The van der Waals surface area contributed by atoms with Crippen molar-refractivity contribution in [3.05, 3.63) is 0 Å². The summed E-state index contributed by atoms with van der Waals surface area (Å²) >= 11 is 0. The van der Waals surface area contributed by atoms with Crippen LogP contribution in [0.4, 0.5) is 4.79 Å². The molecule has 0 aromatic carbocycles. The average molecular weight is 318 g/mol. The van der Waals surface area contributed by atoms with Gasteiger partial charge in [0.1, 0.15) is 12.3 Å². The molecule has 4 atom stereocenters. The average Bonchev–Trinajstić information content (AvgIpc) is 2.95. The quantitative estimate of drug-likeness (QED) is 0.541. The molecular formula is C15H34N4O3. The molecular weight excluding hydrogens is 284 g/mol. The van der Waals surface area contributed by atoms with Crippen molar-refractivity contribution in [3.63, 3.8) is 0 Å². The molecule has 7 nitrogen and oxygen atoms in total. The topological polar surface area (TPSA) is 78.5 Å². The first-order chi connectivity index (χ1) is 10.2. The van der Waals surface area contributed by atoms with Crippen LogP contribution in [0.3, 0.4) is 0 Å².